The maximum absolute atomic E-state index is 12.2. The molecule has 21 heavy (non-hydrogen) atoms. The quantitative estimate of drug-likeness (QED) is 0.780. The summed E-state index contributed by atoms with van der Waals surface area (Å²) in [6.07, 6.45) is 3.57. The number of methoxy groups -OCH3 is 2. The van der Waals surface area contributed by atoms with Crippen LogP contribution in [0.5, 0.6) is 11.5 Å². The van der Waals surface area contributed by atoms with Gasteiger partial charge in [-0.3, -0.25) is 4.79 Å². The van der Waals surface area contributed by atoms with E-state index < -0.39 is 0 Å². The summed E-state index contributed by atoms with van der Waals surface area (Å²) in [6, 6.07) is 5.32. The number of ether oxygens (including phenoxy) is 2. The Hall–Kier alpha value is -1.75. The number of hydrogen-bond donors (Lipinski definition) is 1. The minimum Gasteiger partial charge on any atom is -0.493 e. The maximum Gasteiger partial charge on any atom is 0.255 e. The van der Waals surface area contributed by atoms with Crippen molar-refractivity contribution >= 4 is 5.91 Å². The summed E-state index contributed by atoms with van der Waals surface area (Å²) in [7, 11) is 3.11. The smallest absolute Gasteiger partial charge is 0.255 e. The Morgan fingerprint density at radius 2 is 2.00 bits per heavy atom. The summed E-state index contributed by atoms with van der Waals surface area (Å²) < 4.78 is 10.5. The summed E-state index contributed by atoms with van der Waals surface area (Å²) in [4.78, 5) is 14.7. The standard InChI is InChI=1S/C16H24N2O3/c1-20-14-8-5-7-13(15(14)21-2)16(19)17-9-6-12-18-10-3-4-11-18/h5,7-8H,3-4,6,9-12H2,1-2H3,(H,17,19). The van der Waals surface area contributed by atoms with Gasteiger partial charge in [-0.1, -0.05) is 6.07 Å². The fourth-order valence-electron chi connectivity index (χ4n) is 2.67. The molecule has 1 heterocycles. The molecule has 0 unspecified atom stereocenters. The number of para-hydroxylation sites is 1. The molecule has 1 aliphatic rings. The van der Waals surface area contributed by atoms with E-state index in [1.807, 2.05) is 0 Å². The summed E-state index contributed by atoms with van der Waals surface area (Å²) in [5.74, 6) is 0.937. The molecule has 2 rings (SSSR count). The van der Waals surface area contributed by atoms with Gasteiger partial charge in [-0.15, -0.1) is 0 Å². The Balaban J connectivity index is 1.85. The number of carbonyl (C=O) groups is 1. The van der Waals surface area contributed by atoms with E-state index in [-0.39, 0.29) is 5.91 Å². The zero-order chi connectivity index (χ0) is 15.1. The van der Waals surface area contributed by atoms with E-state index in [0.717, 1.165) is 13.0 Å². The Bertz CT molecular complexity index is 471. The molecule has 1 N–H and O–H groups in total. The molecule has 5 nitrogen and oxygen atoms in total. The largest absolute Gasteiger partial charge is 0.493 e. The van der Waals surface area contributed by atoms with Crippen molar-refractivity contribution in [3.63, 3.8) is 0 Å². The number of hydrogen-bond acceptors (Lipinski definition) is 4. The highest BCUT2D eigenvalue weighted by molar-refractivity contribution is 5.97. The summed E-state index contributed by atoms with van der Waals surface area (Å²) in [5.41, 5.74) is 0.512. The highest BCUT2D eigenvalue weighted by Gasteiger charge is 2.16. The van der Waals surface area contributed by atoms with Gasteiger partial charge in [-0.2, -0.15) is 0 Å². The molecule has 0 bridgehead atoms. The SMILES string of the molecule is COc1cccc(C(=O)NCCCN2CCCC2)c1OC. The number of rotatable bonds is 7. The predicted octanol–water partition coefficient (Wildman–Crippen LogP) is 1.92. The van der Waals surface area contributed by atoms with Crippen LogP contribution in [0, 0.1) is 0 Å². The van der Waals surface area contributed by atoms with Crippen molar-refractivity contribution in [1.29, 1.82) is 0 Å². The lowest BCUT2D eigenvalue weighted by atomic mass is 10.1. The molecule has 0 aromatic heterocycles. The molecule has 0 atom stereocenters. The van der Waals surface area contributed by atoms with Crippen molar-refractivity contribution in [2.45, 2.75) is 19.3 Å². The third-order valence-corrected chi connectivity index (χ3v) is 3.78. The maximum atomic E-state index is 12.2. The van der Waals surface area contributed by atoms with Gasteiger partial charge in [0.15, 0.2) is 11.5 Å². The van der Waals surface area contributed by atoms with Crippen molar-refractivity contribution in [2.24, 2.45) is 0 Å². The second-order valence-corrected chi connectivity index (χ2v) is 5.20. The molecule has 1 saturated heterocycles. The van der Waals surface area contributed by atoms with Gasteiger partial charge >= 0.3 is 0 Å². The molecule has 0 radical (unpaired) electrons. The van der Waals surface area contributed by atoms with Crippen LogP contribution in [0.25, 0.3) is 0 Å². The minimum atomic E-state index is -0.118. The van der Waals surface area contributed by atoms with Crippen LogP contribution >= 0.6 is 0 Å². The number of amides is 1. The Morgan fingerprint density at radius 1 is 1.24 bits per heavy atom. The second-order valence-electron chi connectivity index (χ2n) is 5.20. The lowest BCUT2D eigenvalue weighted by Crippen LogP contribution is -2.28. The third-order valence-electron chi connectivity index (χ3n) is 3.78. The molecular formula is C16H24N2O3. The van der Waals surface area contributed by atoms with Crippen LogP contribution in [0.1, 0.15) is 29.6 Å². The first-order valence-corrected chi connectivity index (χ1v) is 7.48. The Kier molecular flexibility index (Phi) is 5.87. The topological polar surface area (TPSA) is 50.8 Å². The van der Waals surface area contributed by atoms with E-state index in [9.17, 15) is 4.79 Å². The molecular weight excluding hydrogens is 268 g/mol. The van der Waals surface area contributed by atoms with Crippen LogP contribution < -0.4 is 14.8 Å². The van der Waals surface area contributed by atoms with Crippen LogP contribution in [-0.4, -0.2) is 51.2 Å². The molecule has 0 spiro atoms. The molecule has 0 aliphatic carbocycles. The van der Waals surface area contributed by atoms with E-state index in [1.54, 1.807) is 32.4 Å². The fourth-order valence-corrected chi connectivity index (χ4v) is 2.67. The second kappa shape index (κ2) is 7.88. The van der Waals surface area contributed by atoms with Crippen molar-refractivity contribution in [1.82, 2.24) is 10.2 Å². The molecule has 1 aliphatic heterocycles. The fraction of sp³-hybridized carbons (Fsp3) is 0.562. The molecule has 1 amide bonds. The third kappa shape index (κ3) is 4.11. The Morgan fingerprint density at radius 3 is 2.67 bits per heavy atom. The lowest BCUT2D eigenvalue weighted by molar-refractivity contribution is 0.0948. The average Bonchev–Trinajstić information content (AvgIpc) is 3.03. The van der Waals surface area contributed by atoms with Gasteiger partial charge in [-0.05, 0) is 51.0 Å². The first-order chi connectivity index (χ1) is 10.3. The molecule has 5 heteroatoms. The first-order valence-electron chi connectivity index (χ1n) is 7.48. The van der Waals surface area contributed by atoms with Crippen LogP contribution in [0.4, 0.5) is 0 Å². The highest BCUT2D eigenvalue weighted by Crippen LogP contribution is 2.30. The van der Waals surface area contributed by atoms with E-state index in [4.69, 9.17) is 9.47 Å². The molecule has 116 valence electrons. The number of likely N-dealkylation sites (tertiary alicyclic amines) is 1. The van der Waals surface area contributed by atoms with Crippen LogP contribution in [0.3, 0.4) is 0 Å². The minimum absolute atomic E-state index is 0.118. The van der Waals surface area contributed by atoms with E-state index in [1.165, 1.54) is 25.9 Å². The van der Waals surface area contributed by atoms with Gasteiger partial charge in [0.1, 0.15) is 0 Å². The van der Waals surface area contributed by atoms with Crippen molar-refractivity contribution in [3.8, 4) is 11.5 Å². The first kappa shape index (κ1) is 15.6. The van der Waals surface area contributed by atoms with E-state index in [0.29, 0.717) is 23.6 Å². The van der Waals surface area contributed by atoms with E-state index in [2.05, 4.69) is 10.2 Å². The number of carbonyl (C=O) groups excluding carboxylic acids is 1. The van der Waals surface area contributed by atoms with Crippen LogP contribution in [0.2, 0.25) is 0 Å². The van der Waals surface area contributed by atoms with Gasteiger partial charge < -0.3 is 19.7 Å². The van der Waals surface area contributed by atoms with Gasteiger partial charge in [0.25, 0.3) is 5.91 Å². The molecule has 1 aromatic rings. The van der Waals surface area contributed by atoms with Crippen LogP contribution in [-0.2, 0) is 0 Å². The van der Waals surface area contributed by atoms with Gasteiger partial charge in [0.2, 0.25) is 0 Å². The normalized spacial score (nSPS) is 15.0. The van der Waals surface area contributed by atoms with Gasteiger partial charge in [0.05, 0.1) is 19.8 Å². The summed E-state index contributed by atoms with van der Waals surface area (Å²) in [6.45, 7) is 4.11. The van der Waals surface area contributed by atoms with Crippen LogP contribution in [0.15, 0.2) is 18.2 Å². The zero-order valence-corrected chi connectivity index (χ0v) is 12.9. The van der Waals surface area contributed by atoms with Gasteiger partial charge in [-0.25, -0.2) is 0 Å². The summed E-state index contributed by atoms with van der Waals surface area (Å²) >= 11 is 0. The monoisotopic (exact) mass is 292 g/mol. The van der Waals surface area contributed by atoms with E-state index >= 15 is 0 Å². The molecule has 1 fully saturated rings. The van der Waals surface area contributed by atoms with Crippen molar-refractivity contribution in [2.75, 3.05) is 40.4 Å². The lowest BCUT2D eigenvalue weighted by Gasteiger charge is -2.15. The number of nitrogens with zero attached hydrogens (tertiary/aromatic N) is 1. The Labute approximate surface area is 126 Å². The summed E-state index contributed by atoms with van der Waals surface area (Å²) in [5, 5.41) is 2.95. The number of benzene rings is 1. The average molecular weight is 292 g/mol. The number of nitrogens with one attached hydrogen (secondary N) is 1. The van der Waals surface area contributed by atoms with Gasteiger partial charge in [0, 0.05) is 6.54 Å². The predicted molar refractivity (Wildman–Crippen MR) is 82.2 cm³/mol. The molecule has 0 saturated carbocycles. The zero-order valence-electron chi connectivity index (χ0n) is 12.9. The van der Waals surface area contributed by atoms with Crippen molar-refractivity contribution in [3.05, 3.63) is 23.8 Å². The van der Waals surface area contributed by atoms with Crippen molar-refractivity contribution < 1.29 is 14.3 Å². The highest BCUT2D eigenvalue weighted by atomic mass is 16.5. The molecule has 1 aromatic carbocycles.